The van der Waals surface area contributed by atoms with Gasteiger partial charge in [0.1, 0.15) is 11.5 Å². The van der Waals surface area contributed by atoms with Gasteiger partial charge in [-0.05, 0) is 48.5 Å². The number of carboxylic acid groups (broad SMARTS) is 2. The van der Waals surface area contributed by atoms with E-state index in [2.05, 4.69) is 10.6 Å². The van der Waals surface area contributed by atoms with Gasteiger partial charge >= 0.3 is 11.9 Å². The van der Waals surface area contributed by atoms with E-state index < -0.39 is 37.0 Å². The van der Waals surface area contributed by atoms with Crippen molar-refractivity contribution in [3.8, 4) is 11.5 Å². The largest absolute Gasteiger partial charge is 0.480 e. The van der Waals surface area contributed by atoms with Gasteiger partial charge < -0.3 is 30.3 Å². The van der Waals surface area contributed by atoms with Gasteiger partial charge in [0.25, 0.3) is 11.8 Å². The van der Waals surface area contributed by atoms with Crippen molar-refractivity contribution >= 4 is 35.1 Å². The summed E-state index contributed by atoms with van der Waals surface area (Å²) in [6.07, 6.45) is 0. The Hall–Kier alpha value is -4.86. The Morgan fingerprint density at radius 3 is 1.29 bits per heavy atom. The van der Waals surface area contributed by atoms with Crippen LogP contribution in [0.15, 0.2) is 72.8 Å². The van der Waals surface area contributed by atoms with Gasteiger partial charge in [-0.3, -0.25) is 9.59 Å². The summed E-state index contributed by atoms with van der Waals surface area (Å²) in [6, 6.07) is 18.6. The topological polar surface area (TPSA) is 151 Å². The van der Waals surface area contributed by atoms with Crippen molar-refractivity contribution in [3.63, 3.8) is 0 Å². The standard InChI is InChI=1S/C24H20N2O8/c27-21(28)13-33-19-7-3-1-5-17(19)25-23(31)15-9-11-16(12-10-15)24(32)26-18-6-2-4-8-20(18)34-14-22(29)30/h1-12H,13-14H2,(H,25,31)(H,26,32)(H,27,28)(H,29,30). The van der Waals surface area contributed by atoms with E-state index in [0.717, 1.165) is 0 Å². The predicted molar refractivity (Wildman–Crippen MR) is 121 cm³/mol. The second kappa shape index (κ2) is 11.1. The van der Waals surface area contributed by atoms with Crippen LogP contribution in [0.25, 0.3) is 0 Å². The second-order valence-corrected chi connectivity index (χ2v) is 6.84. The normalized spacial score (nSPS) is 10.1. The van der Waals surface area contributed by atoms with E-state index in [9.17, 15) is 19.2 Å². The van der Waals surface area contributed by atoms with E-state index in [-0.39, 0.29) is 22.6 Å². The summed E-state index contributed by atoms with van der Waals surface area (Å²) in [4.78, 5) is 46.7. The summed E-state index contributed by atoms with van der Waals surface area (Å²) < 4.78 is 10.3. The van der Waals surface area contributed by atoms with Gasteiger partial charge in [0.2, 0.25) is 0 Å². The van der Waals surface area contributed by atoms with E-state index >= 15 is 0 Å². The van der Waals surface area contributed by atoms with Crippen molar-refractivity contribution in [3.05, 3.63) is 83.9 Å². The molecule has 0 fully saturated rings. The number of ether oxygens (including phenoxy) is 2. The Bertz CT molecular complexity index is 1110. The van der Waals surface area contributed by atoms with Crippen LogP contribution in [-0.2, 0) is 9.59 Å². The van der Waals surface area contributed by atoms with Gasteiger partial charge in [-0.2, -0.15) is 0 Å². The molecule has 34 heavy (non-hydrogen) atoms. The second-order valence-electron chi connectivity index (χ2n) is 6.84. The lowest BCUT2D eigenvalue weighted by atomic mass is 10.1. The SMILES string of the molecule is O=C(O)COc1ccccc1NC(=O)c1ccc(C(=O)Nc2ccccc2OCC(=O)O)cc1. The van der Waals surface area contributed by atoms with Crippen LogP contribution >= 0.6 is 0 Å². The van der Waals surface area contributed by atoms with Crippen LogP contribution in [0.4, 0.5) is 11.4 Å². The van der Waals surface area contributed by atoms with Gasteiger partial charge in [-0.15, -0.1) is 0 Å². The summed E-state index contributed by atoms with van der Waals surface area (Å²) >= 11 is 0. The number of carbonyl (C=O) groups is 4. The van der Waals surface area contributed by atoms with Crippen molar-refractivity contribution in [2.24, 2.45) is 0 Å². The fourth-order valence-electron chi connectivity index (χ4n) is 2.83. The highest BCUT2D eigenvalue weighted by Crippen LogP contribution is 2.25. The van der Waals surface area contributed by atoms with Crippen LogP contribution in [0.5, 0.6) is 11.5 Å². The summed E-state index contributed by atoms with van der Waals surface area (Å²) in [5, 5.41) is 22.9. The first kappa shape index (κ1) is 23.8. The van der Waals surface area contributed by atoms with Crippen molar-refractivity contribution in [1.29, 1.82) is 0 Å². The number of benzene rings is 3. The molecule has 2 amide bonds. The van der Waals surface area contributed by atoms with Crippen LogP contribution in [0.1, 0.15) is 20.7 Å². The molecule has 0 radical (unpaired) electrons. The molecule has 10 heteroatoms. The van der Waals surface area contributed by atoms with Crippen LogP contribution < -0.4 is 20.1 Å². The Morgan fingerprint density at radius 2 is 0.941 bits per heavy atom. The summed E-state index contributed by atoms with van der Waals surface area (Å²) in [6.45, 7) is -1.11. The number of amides is 2. The van der Waals surface area contributed by atoms with Gasteiger partial charge in [0.15, 0.2) is 13.2 Å². The van der Waals surface area contributed by atoms with Crippen molar-refractivity contribution < 1.29 is 38.9 Å². The average Bonchev–Trinajstić information content (AvgIpc) is 2.83. The van der Waals surface area contributed by atoms with Crippen LogP contribution in [0.3, 0.4) is 0 Å². The van der Waals surface area contributed by atoms with E-state index in [4.69, 9.17) is 19.7 Å². The molecule has 0 aliphatic rings. The van der Waals surface area contributed by atoms with Gasteiger partial charge in [-0.25, -0.2) is 9.59 Å². The predicted octanol–water partition coefficient (Wildman–Crippen LogP) is 3.12. The van der Waals surface area contributed by atoms with Crippen molar-refractivity contribution in [2.75, 3.05) is 23.8 Å². The minimum atomic E-state index is -1.15. The molecule has 3 rings (SSSR count). The lowest BCUT2D eigenvalue weighted by Crippen LogP contribution is -2.16. The minimum absolute atomic E-state index is 0.207. The monoisotopic (exact) mass is 464 g/mol. The highest BCUT2D eigenvalue weighted by atomic mass is 16.5. The molecule has 4 N–H and O–H groups in total. The molecule has 0 atom stereocenters. The minimum Gasteiger partial charge on any atom is -0.480 e. The Morgan fingerprint density at radius 1 is 0.588 bits per heavy atom. The molecule has 3 aromatic rings. The van der Waals surface area contributed by atoms with E-state index in [1.807, 2.05) is 0 Å². The van der Waals surface area contributed by atoms with Crippen LogP contribution in [-0.4, -0.2) is 47.2 Å². The smallest absolute Gasteiger partial charge is 0.341 e. The van der Waals surface area contributed by atoms with Crippen LogP contribution in [0, 0.1) is 0 Å². The molecule has 0 bridgehead atoms. The Labute approximate surface area is 193 Å². The molecular formula is C24H20N2O8. The fraction of sp³-hybridized carbons (Fsp3) is 0.0833. The number of hydrogen-bond donors (Lipinski definition) is 4. The molecule has 0 heterocycles. The van der Waals surface area contributed by atoms with Gasteiger partial charge in [0.05, 0.1) is 11.4 Å². The maximum absolute atomic E-state index is 12.6. The number of anilines is 2. The molecule has 0 unspecified atom stereocenters. The molecule has 0 saturated heterocycles. The van der Waals surface area contributed by atoms with Gasteiger partial charge in [0, 0.05) is 11.1 Å². The zero-order chi connectivity index (χ0) is 24.5. The highest BCUT2D eigenvalue weighted by molar-refractivity contribution is 6.08. The number of hydrogen-bond acceptors (Lipinski definition) is 6. The molecule has 174 valence electrons. The molecular weight excluding hydrogens is 444 g/mol. The first-order valence-electron chi connectivity index (χ1n) is 9.93. The Kier molecular flexibility index (Phi) is 7.79. The third-order valence-corrected chi connectivity index (χ3v) is 4.38. The van der Waals surface area contributed by atoms with Crippen LogP contribution in [0.2, 0.25) is 0 Å². The molecule has 0 aliphatic carbocycles. The van der Waals surface area contributed by atoms with E-state index in [1.165, 1.54) is 36.4 Å². The summed E-state index contributed by atoms with van der Waals surface area (Å²) in [7, 11) is 0. The third kappa shape index (κ3) is 6.57. The van der Waals surface area contributed by atoms with Crippen molar-refractivity contribution in [2.45, 2.75) is 0 Å². The quantitative estimate of drug-likeness (QED) is 0.357. The molecule has 0 aromatic heterocycles. The number of nitrogens with one attached hydrogen (secondary N) is 2. The first-order chi connectivity index (χ1) is 16.3. The number of para-hydroxylation sites is 4. The molecule has 10 nitrogen and oxygen atoms in total. The summed E-state index contributed by atoms with van der Waals surface area (Å²) in [5.74, 6) is -2.84. The van der Waals surface area contributed by atoms with Gasteiger partial charge in [-0.1, -0.05) is 24.3 Å². The summed E-state index contributed by atoms with van der Waals surface area (Å²) in [5.41, 5.74) is 1.12. The molecule has 0 spiro atoms. The lowest BCUT2D eigenvalue weighted by molar-refractivity contribution is -0.140. The third-order valence-electron chi connectivity index (χ3n) is 4.38. The number of carboxylic acids is 2. The average molecular weight is 464 g/mol. The van der Waals surface area contributed by atoms with E-state index in [0.29, 0.717) is 11.4 Å². The number of aliphatic carboxylic acids is 2. The maximum Gasteiger partial charge on any atom is 0.341 e. The molecule has 3 aromatic carbocycles. The van der Waals surface area contributed by atoms with Crippen molar-refractivity contribution in [1.82, 2.24) is 0 Å². The lowest BCUT2D eigenvalue weighted by Gasteiger charge is -2.12. The number of carbonyl (C=O) groups excluding carboxylic acids is 2. The molecule has 0 saturated carbocycles. The molecule has 0 aliphatic heterocycles. The number of rotatable bonds is 10. The van der Waals surface area contributed by atoms with E-state index in [1.54, 1.807) is 36.4 Å². The zero-order valence-electron chi connectivity index (χ0n) is 17.7. The Balaban J connectivity index is 1.67. The maximum atomic E-state index is 12.6. The zero-order valence-corrected chi connectivity index (χ0v) is 17.7. The fourth-order valence-corrected chi connectivity index (χ4v) is 2.83. The highest BCUT2D eigenvalue weighted by Gasteiger charge is 2.14. The first-order valence-corrected chi connectivity index (χ1v) is 9.93.